The number of nitrogens with one attached hydrogen (secondary N) is 2. The third-order valence-electron chi connectivity index (χ3n) is 3.09. The Morgan fingerprint density at radius 1 is 1.39 bits per heavy atom. The van der Waals surface area contributed by atoms with E-state index in [1.807, 2.05) is 0 Å². The number of fused-ring (bicyclic) bond motifs is 1. The van der Waals surface area contributed by atoms with Gasteiger partial charge in [-0.05, 0) is 25.7 Å². The summed E-state index contributed by atoms with van der Waals surface area (Å²) >= 11 is 0. The first kappa shape index (κ1) is 12.6. The number of H-pyrrole nitrogens is 1. The van der Waals surface area contributed by atoms with Crippen LogP contribution in [0.1, 0.15) is 41.0 Å². The number of nitrogens with zero attached hydrogens (tertiary/aromatic N) is 1. The molecule has 1 heterocycles. The summed E-state index contributed by atoms with van der Waals surface area (Å²) in [4.78, 5) is 22.8. The molecule has 0 spiro atoms. The van der Waals surface area contributed by atoms with Crippen LogP contribution in [-0.2, 0) is 22.4 Å². The van der Waals surface area contributed by atoms with Crippen molar-refractivity contribution in [1.82, 2.24) is 15.5 Å². The quantitative estimate of drug-likeness (QED) is 0.767. The Hall–Kier alpha value is -1.85. The normalized spacial score (nSPS) is 13.8. The SMILES string of the molecule is CNC(=O)CCOC(=O)c1n[nH]c2c1CCCC2. The van der Waals surface area contributed by atoms with Gasteiger partial charge in [-0.15, -0.1) is 0 Å². The maximum absolute atomic E-state index is 11.8. The number of ether oxygens (including phenoxy) is 1. The van der Waals surface area contributed by atoms with E-state index in [2.05, 4.69) is 15.5 Å². The predicted octanol–water partition coefficient (Wildman–Crippen LogP) is 0.581. The highest BCUT2D eigenvalue weighted by Gasteiger charge is 2.22. The first-order valence-corrected chi connectivity index (χ1v) is 6.16. The molecule has 6 nitrogen and oxygen atoms in total. The van der Waals surface area contributed by atoms with Crippen LogP contribution in [0, 0.1) is 0 Å². The smallest absolute Gasteiger partial charge is 0.359 e. The summed E-state index contributed by atoms with van der Waals surface area (Å²) < 4.78 is 5.04. The van der Waals surface area contributed by atoms with Crippen molar-refractivity contribution in [3.63, 3.8) is 0 Å². The third-order valence-corrected chi connectivity index (χ3v) is 3.09. The van der Waals surface area contributed by atoms with Crippen molar-refractivity contribution in [2.45, 2.75) is 32.1 Å². The molecule has 0 aromatic carbocycles. The topological polar surface area (TPSA) is 84.1 Å². The molecule has 2 N–H and O–H groups in total. The number of hydrogen-bond acceptors (Lipinski definition) is 4. The largest absolute Gasteiger partial charge is 0.460 e. The fourth-order valence-electron chi connectivity index (χ4n) is 2.08. The number of aromatic nitrogens is 2. The van der Waals surface area contributed by atoms with E-state index in [-0.39, 0.29) is 18.9 Å². The van der Waals surface area contributed by atoms with E-state index in [4.69, 9.17) is 4.74 Å². The minimum Gasteiger partial charge on any atom is -0.460 e. The first-order chi connectivity index (χ1) is 8.72. The minimum atomic E-state index is -0.446. The number of carbonyl (C=O) groups is 2. The molecular formula is C12H17N3O3. The Kier molecular flexibility index (Phi) is 3.96. The third kappa shape index (κ3) is 2.69. The number of aryl methyl sites for hydroxylation is 1. The summed E-state index contributed by atoms with van der Waals surface area (Å²) in [7, 11) is 1.55. The standard InChI is InChI=1S/C12H17N3O3/c1-13-10(16)6-7-18-12(17)11-8-4-2-3-5-9(8)14-15-11/h2-7H2,1H3,(H,13,16)(H,14,15). The number of esters is 1. The Morgan fingerprint density at radius 2 is 2.17 bits per heavy atom. The van der Waals surface area contributed by atoms with Gasteiger partial charge in [-0.25, -0.2) is 4.79 Å². The van der Waals surface area contributed by atoms with Crippen molar-refractivity contribution in [2.24, 2.45) is 0 Å². The van der Waals surface area contributed by atoms with Crippen LogP contribution in [0.3, 0.4) is 0 Å². The average molecular weight is 251 g/mol. The second-order valence-electron chi connectivity index (χ2n) is 4.30. The van der Waals surface area contributed by atoms with Gasteiger partial charge in [0.15, 0.2) is 5.69 Å². The Balaban J connectivity index is 1.93. The molecule has 0 fully saturated rings. The lowest BCUT2D eigenvalue weighted by atomic mass is 9.96. The van der Waals surface area contributed by atoms with Crippen molar-refractivity contribution in [3.05, 3.63) is 17.0 Å². The van der Waals surface area contributed by atoms with Crippen LogP contribution in [0.2, 0.25) is 0 Å². The lowest BCUT2D eigenvalue weighted by molar-refractivity contribution is -0.121. The van der Waals surface area contributed by atoms with E-state index in [1.54, 1.807) is 7.05 Å². The fourth-order valence-corrected chi connectivity index (χ4v) is 2.08. The van der Waals surface area contributed by atoms with Crippen LogP contribution in [0.5, 0.6) is 0 Å². The van der Waals surface area contributed by atoms with E-state index in [9.17, 15) is 9.59 Å². The molecule has 1 aliphatic carbocycles. The molecule has 0 atom stereocenters. The molecule has 0 unspecified atom stereocenters. The maximum atomic E-state index is 11.8. The average Bonchev–Trinajstić information content (AvgIpc) is 2.82. The van der Waals surface area contributed by atoms with Crippen molar-refractivity contribution in [3.8, 4) is 0 Å². The molecule has 0 aliphatic heterocycles. The number of aromatic amines is 1. The van der Waals surface area contributed by atoms with Gasteiger partial charge in [0, 0.05) is 18.3 Å². The Morgan fingerprint density at radius 3 is 2.94 bits per heavy atom. The van der Waals surface area contributed by atoms with Gasteiger partial charge < -0.3 is 10.1 Å². The maximum Gasteiger partial charge on any atom is 0.359 e. The lowest BCUT2D eigenvalue weighted by Gasteiger charge is -2.10. The molecular weight excluding hydrogens is 234 g/mol. The summed E-state index contributed by atoms with van der Waals surface area (Å²) in [5.74, 6) is -0.592. The van der Waals surface area contributed by atoms with Crippen molar-refractivity contribution < 1.29 is 14.3 Å². The summed E-state index contributed by atoms with van der Waals surface area (Å²) in [6, 6.07) is 0. The molecule has 98 valence electrons. The van der Waals surface area contributed by atoms with Gasteiger partial charge in [-0.1, -0.05) is 0 Å². The molecule has 1 aliphatic rings. The molecule has 1 amide bonds. The Labute approximate surface area is 105 Å². The van der Waals surface area contributed by atoms with Crippen molar-refractivity contribution in [2.75, 3.05) is 13.7 Å². The highest BCUT2D eigenvalue weighted by atomic mass is 16.5. The van der Waals surface area contributed by atoms with Gasteiger partial charge in [-0.2, -0.15) is 5.10 Å². The van der Waals surface area contributed by atoms with E-state index in [0.29, 0.717) is 5.69 Å². The van der Waals surface area contributed by atoms with Gasteiger partial charge in [0.25, 0.3) is 0 Å². The molecule has 0 bridgehead atoms. The molecule has 1 aromatic heterocycles. The van der Waals surface area contributed by atoms with Crippen LogP contribution in [0.4, 0.5) is 0 Å². The minimum absolute atomic E-state index is 0.0835. The Bertz CT molecular complexity index is 453. The van der Waals surface area contributed by atoms with Gasteiger partial charge in [-0.3, -0.25) is 9.89 Å². The fraction of sp³-hybridized carbons (Fsp3) is 0.583. The molecule has 0 saturated carbocycles. The van der Waals surface area contributed by atoms with Crippen LogP contribution >= 0.6 is 0 Å². The number of hydrogen-bond donors (Lipinski definition) is 2. The molecule has 18 heavy (non-hydrogen) atoms. The summed E-state index contributed by atoms with van der Waals surface area (Å²) in [5.41, 5.74) is 2.40. The molecule has 0 radical (unpaired) electrons. The molecule has 6 heteroatoms. The second kappa shape index (κ2) is 5.66. The summed E-state index contributed by atoms with van der Waals surface area (Å²) in [5, 5.41) is 9.37. The second-order valence-corrected chi connectivity index (χ2v) is 4.30. The van der Waals surface area contributed by atoms with Gasteiger partial charge in [0.1, 0.15) is 6.61 Å². The van der Waals surface area contributed by atoms with Crippen LogP contribution in [-0.4, -0.2) is 35.7 Å². The number of rotatable bonds is 4. The first-order valence-electron chi connectivity index (χ1n) is 6.16. The van der Waals surface area contributed by atoms with E-state index in [1.165, 1.54) is 0 Å². The highest BCUT2D eigenvalue weighted by Crippen LogP contribution is 2.22. The predicted molar refractivity (Wildman–Crippen MR) is 64.2 cm³/mol. The summed E-state index contributed by atoms with van der Waals surface area (Å²) in [6.45, 7) is 0.0835. The van der Waals surface area contributed by atoms with Crippen LogP contribution in [0.15, 0.2) is 0 Å². The van der Waals surface area contributed by atoms with Crippen LogP contribution in [0.25, 0.3) is 0 Å². The lowest BCUT2D eigenvalue weighted by Crippen LogP contribution is -2.20. The zero-order valence-corrected chi connectivity index (χ0v) is 10.4. The van der Waals surface area contributed by atoms with Crippen molar-refractivity contribution in [1.29, 1.82) is 0 Å². The molecule has 1 aromatic rings. The van der Waals surface area contributed by atoms with Gasteiger partial charge in [0.05, 0.1) is 6.42 Å². The summed E-state index contributed by atoms with van der Waals surface area (Å²) in [6.07, 6.45) is 4.18. The van der Waals surface area contributed by atoms with Crippen molar-refractivity contribution >= 4 is 11.9 Å². The monoisotopic (exact) mass is 251 g/mol. The number of carbonyl (C=O) groups excluding carboxylic acids is 2. The zero-order valence-electron chi connectivity index (χ0n) is 10.4. The highest BCUT2D eigenvalue weighted by molar-refractivity contribution is 5.89. The van der Waals surface area contributed by atoms with E-state index >= 15 is 0 Å². The van der Waals surface area contributed by atoms with Crippen LogP contribution < -0.4 is 5.32 Å². The molecule has 2 rings (SSSR count). The van der Waals surface area contributed by atoms with Gasteiger partial charge in [0.2, 0.25) is 5.91 Å². The van der Waals surface area contributed by atoms with E-state index < -0.39 is 5.97 Å². The molecule has 0 saturated heterocycles. The van der Waals surface area contributed by atoms with Gasteiger partial charge >= 0.3 is 5.97 Å². The number of amides is 1. The zero-order chi connectivity index (χ0) is 13.0. The van der Waals surface area contributed by atoms with E-state index in [0.717, 1.165) is 36.9 Å².